The molecule has 3 nitrogen and oxygen atoms in total. The van der Waals surface area contributed by atoms with Gasteiger partial charge in [-0.2, -0.15) is 4.57 Å². The van der Waals surface area contributed by atoms with Crippen LogP contribution in [0.25, 0.3) is 28.1 Å². The molecule has 2 aromatic carbocycles. The second-order valence-corrected chi connectivity index (χ2v) is 9.00. The summed E-state index contributed by atoms with van der Waals surface area (Å²) in [5.74, 6) is 2.03. The van der Waals surface area contributed by atoms with E-state index in [1.54, 1.807) is 0 Å². The molecule has 0 saturated carbocycles. The summed E-state index contributed by atoms with van der Waals surface area (Å²) in [6.07, 6.45) is 3.87. The van der Waals surface area contributed by atoms with Crippen LogP contribution < -0.4 is 4.57 Å². The molecule has 0 unspecified atom stereocenters. The first-order valence-electron chi connectivity index (χ1n) is 10.9. The third-order valence-electron chi connectivity index (χ3n) is 6.11. The van der Waals surface area contributed by atoms with Gasteiger partial charge in [0.25, 0.3) is 5.82 Å². The minimum absolute atomic E-state index is 0.426. The van der Waals surface area contributed by atoms with E-state index in [1.165, 1.54) is 50.4 Å². The van der Waals surface area contributed by atoms with Gasteiger partial charge < -0.3 is 0 Å². The zero-order valence-corrected chi connectivity index (χ0v) is 19.2. The Morgan fingerprint density at radius 3 is 2.17 bits per heavy atom. The van der Waals surface area contributed by atoms with E-state index in [9.17, 15) is 0 Å². The first-order chi connectivity index (χ1) is 14.3. The van der Waals surface area contributed by atoms with Gasteiger partial charge in [-0.05, 0) is 55.0 Å². The van der Waals surface area contributed by atoms with E-state index >= 15 is 0 Å². The number of hydrogen-bond acceptors (Lipinski definition) is 1. The molecule has 0 N–H and O–H groups in total. The highest BCUT2D eigenvalue weighted by atomic mass is 15.2. The van der Waals surface area contributed by atoms with Crippen LogP contribution in [0.15, 0.2) is 54.9 Å². The summed E-state index contributed by atoms with van der Waals surface area (Å²) in [6, 6.07) is 15.6. The quantitative estimate of drug-likeness (QED) is 0.366. The molecule has 0 fully saturated rings. The molecule has 30 heavy (non-hydrogen) atoms. The van der Waals surface area contributed by atoms with Crippen LogP contribution in [0.5, 0.6) is 0 Å². The number of fused-ring (bicyclic) bond motifs is 1. The van der Waals surface area contributed by atoms with Crippen molar-refractivity contribution in [2.45, 2.75) is 53.4 Å². The summed E-state index contributed by atoms with van der Waals surface area (Å²) in [4.78, 5) is 4.47. The SMILES string of the molecule is Cc1ccc2c(c1)n(C)c(-c1cnccc1C)[n+]2-c1c(C(C)C)cccc1C(C)C. The summed E-state index contributed by atoms with van der Waals surface area (Å²) in [6.45, 7) is 13.5. The van der Waals surface area contributed by atoms with Crippen molar-refractivity contribution in [2.24, 2.45) is 7.05 Å². The number of aryl methyl sites for hydroxylation is 3. The fourth-order valence-electron chi connectivity index (χ4n) is 4.46. The maximum Gasteiger partial charge on any atom is 0.296 e. The van der Waals surface area contributed by atoms with Gasteiger partial charge in [0.2, 0.25) is 0 Å². The van der Waals surface area contributed by atoms with Crippen LogP contribution in [0.2, 0.25) is 0 Å². The zero-order chi connectivity index (χ0) is 21.6. The van der Waals surface area contributed by atoms with Crippen molar-refractivity contribution in [1.82, 2.24) is 9.55 Å². The highest BCUT2D eigenvalue weighted by Crippen LogP contribution is 2.33. The molecule has 2 aromatic heterocycles. The molecule has 0 bridgehead atoms. The number of rotatable bonds is 4. The monoisotopic (exact) mass is 398 g/mol. The van der Waals surface area contributed by atoms with Gasteiger partial charge in [0.1, 0.15) is 5.69 Å². The van der Waals surface area contributed by atoms with Crippen LogP contribution in [0.1, 0.15) is 61.8 Å². The van der Waals surface area contributed by atoms with Gasteiger partial charge >= 0.3 is 0 Å². The Bertz CT molecular complexity index is 1200. The minimum Gasteiger partial charge on any atom is -0.264 e. The molecule has 4 rings (SSSR count). The van der Waals surface area contributed by atoms with Gasteiger partial charge in [-0.3, -0.25) is 4.98 Å². The second-order valence-electron chi connectivity index (χ2n) is 9.00. The molecule has 4 aromatic rings. The summed E-state index contributed by atoms with van der Waals surface area (Å²) in [7, 11) is 2.17. The van der Waals surface area contributed by atoms with Crippen LogP contribution in [0.3, 0.4) is 0 Å². The molecule has 0 aliphatic heterocycles. The van der Waals surface area contributed by atoms with Gasteiger partial charge in [-0.25, -0.2) is 4.57 Å². The number of benzene rings is 2. The lowest BCUT2D eigenvalue weighted by atomic mass is 9.92. The Morgan fingerprint density at radius 1 is 0.900 bits per heavy atom. The number of pyridine rings is 1. The van der Waals surface area contributed by atoms with Gasteiger partial charge in [0, 0.05) is 23.5 Å². The molecule has 0 amide bonds. The van der Waals surface area contributed by atoms with E-state index in [0.29, 0.717) is 11.8 Å². The largest absolute Gasteiger partial charge is 0.296 e. The maximum absolute atomic E-state index is 4.47. The lowest BCUT2D eigenvalue weighted by molar-refractivity contribution is -0.557. The van der Waals surface area contributed by atoms with Crippen molar-refractivity contribution in [3.05, 3.63) is 77.1 Å². The Labute approximate surface area is 180 Å². The first-order valence-corrected chi connectivity index (χ1v) is 10.9. The van der Waals surface area contributed by atoms with Crippen molar-refractivity contribution in [1.29, 1.82) is 0 Å². The number of nitrogens with zero attached hydrogens (tertiary/aromatic N) is 3. The van der Waals surface area contributed by atoms with Crippen molar-refractivity contribution in [3.63, 3.8) is 0 Å². The number of hydrogen-bond donors (Lipinski definition) is 0. The highest BCUT2D eigenvalue weighted by Gasteiger charge is 2.31. The number of para-hydroxylation sites is 1. The van der Waals surface area contributed by atoms with E-state index < -0.39 is 0 Å². The Hall–Kier alpha value is -2.94. The molecular weight excluding hydrogens is 366 g/mol. The van der Waals surface area contributed by atoms with Crippen molar-refractivity contribution < 1.29 is 4.57 Å². The molecule has 0 aliphatic rings. The fourth-order valence-corrected chi connectivity index (χ4v) is 4.46. The third kappa shape index (κ3) is 3.23. The Morgan fingerprint density at radius 2 is 1.57 bits per heavy atom. The topological polar surface area (TPSA) is 21.7 Å². The van der Waals surface area contributed by atoms with Crippen LogP contribution in [0.4, 0.5) is 0 Å². The summed E-state index contributed by atoms with van der Waals surface area (Å²) >= 11 is 0. The van der Waals surface area contributed by atoms with Gasteiger partial charge in [0.15, 0.2) is 11.0 Å². The van der Waals surface area contributed by atoms with Crippen LogP contribution in [0, 0.1) is 13.8 Å². The van der Waals surface area contributed by atoms with Gasteiger partial charge in [-0.15, -0.1) is 0 Å². The summed E-state index contributed by atoms with van der Waals surface area (Å²) in [5, 5.41) is 0. The van der Waals surface area contributed by atoms with E-state index in [4.69, 9.17) is 0 Å². The first kappa shape index (κ1) is 20.3. The van der Waals surface area contributed by atoms with Crippen molar-refractivity contribution in [3.8, 4) is 17.1 Å². The molecule has 0 atom stereocenters. The van der Waals surface area contributed by atoms with E-state index in [1.807, 2.05) is 12.4 Å². The average Bonchev–Trinajstić information content (AvgIpc) is 2.99. The molecule has 0 aliphatic carbocycles. The molecule has 3 heteroatoms. The van der Waals surface area contributed by atoms with Crippen LogP contribution >= 0.6 is 0 Å². The summed E-state index contributed by atoms with van der Waals surface area (Å²) < 4.78 is 4.80. The Kier molecular flexibility index (Phi) is 5.23. The third-order valence-corrected chi connectivity index (χ3v) is 6.11. The van der Waals surface area contributed by atoms with Crippen LogP contribution in [-0.4, -0.2) is 9.55 Å². The molecule has 0 saturated heterocycles. The smallest absolute Gasteiger partial charge is 0.264 e. The predicted molar refractivity (Wildman–Crippen MR) is 125 cm³/mol. The zero-order valence-electron chi connectivity index (χ0n) is 19.2. The number of aromatic nitrogens is 3. The van der Waals surface area contributed by atoms with E-state index in [2.05, 4.69) is 105 Å². The minimum atomic E-state index is 0.426. The van der Waals surface area contributed by atoms with E-state index in [0.717, 1.165) is 0 Å². The maximum atomic E-state index is 4.47. The molecule has 154 valence electrons. The predicted octanol–water partition coefficient (Wildman–Crippen LogP) is 6.38. The van der Waals surface area contributed by atoms with Crippen molar-refractivity contribution in [2.75, 3.05) is 0 Å². The van der Waals surface area contributed by atoms with Crippen molar-refractivity contribution >= 4 is 11.0 Å². The lowest BCUT2D eigenvalue weighted by Gasteiger charge is -2.18. The van der Waals surface area contributed by atoms with Gasteiger partial charge in [0.05, 0.1) is 12.6 Å². The standard InChI is InChI=1S/C27H32N3/c1-17(2)21-9-8-10-22(18(3)4)26(21)30-24-12-11-19(5)15-25(24)29(7)27(30)23-16-28-14-13-20(23)6/h8-18H,1-7H3/q+1. The van der Waals surface area contributed by atoms with Gasteiger partial charge in [-0.1, -0.05) is 52.0 Å². The average molecular weight is 399 g/mol. The molecule has 2 heterocycles. The highest BCUT2D eigenvalue weighted by molar-refractivity contribution is 5.78. The second kappa shape index (κ2) is 7.71. The van der Waals surface area contributed by atoms with Crippen LogP contribution in [-0.2, 0) is 7.05 Å². The normalized spacial score (nSPS) is 11.8. The Balaban J connectivity index is 2.24. The fraction of sp³-hybridized carbons (Fsp3) is 0.333. The molecule has 0 spiro atoms. The molecular formula is C27H32N3+. The van der Waals surface area contributed by atoms with E-state index in [-0.39, 0.29) is 0 Å². The lowest BCUT2D eigenvalue weighted by Crippen LogP contribution is -2.36. The summed E-state index contributed by atoms with van der Waals surface area (Å²) in [5.41, 5.74) is 10.2. The molecule has 0 radical (unpaired) electrons. The number of imidazole rings is 1.